The molecule has 14 heavy (non-hydrogen) atoms. The Kier molecular flexibility index (Phi) is 3.49. The predicted octanol–water partition coefficient (Wildman–Crippen LogP) is 2.45. The lowest BCUT2D eigenvalue weighted by molar-refractivity contribution is 0.515. The van der Waals surface area contributed by atoms with Gasteiger partial charge in [-0.2, -0.15) is 0 Å². The highest BCUT2D eigenvalue weighted by atomic mass is 31.1. The van der Waals surface area contributed by atoms with Gasteiger partial charge in [-0.3, -0.25) is 9.66 Å². The van der Waals surface area contributed by atoms with E-state index >= 15 is 0 Å². The van der Waals surface area contributed by atoms with Crippen LogP contribution in [-0.2, 0) is 0 Å². The van der Waals surface area contributed by atoms with E-state index in [-0.39, 0.29) is 0 Å². The monoisotopic (exact) mass is 208 g/mol. The molecule has 76 valence electrons. The van der Waals surface area contributed by atoms with Crippen molar-refractivity contribution in [1.29, 1.82) is 0 Å². The summed E-state index contributed by atoms with van der Waals surface area (Å²) in [6.45, 7) is 5.55. The first kappa shape index (κ1) is 10.1. The third-order valence-electron chi connectivity index (χ3n) is 2.77. The van der Waals surface area contributed by atoms with Crippen LogP contribution in [0.3, 0.4) is 0 Å². The Bertz CT molecular complexity index is 281. The second kappa shape index (κ2) is 4.86. The number of aliphatic imine (C=N–C) groups is 1. The summed E-state index contributed by atoms with van der Waals surface area (Å²) in [5.74, 6) is 3.06. The maximum Gasteiger partial charge on any atom is 0.0397 e. The van der Waals surface area contributed by atoms with Crippen molar-refractivity contribution < 1.29 is 0 Å². The van der Waals surface area contributed by atoms with Gasteiger partial charge in [-0.15, -0.1) is 0 Å². The molecule has 0 radical (unpaired) electrons. The zero-order valence-electron chi connectivity index (χ0n) is 8.61. The van der Waals surface area contributed by atoms with Gasteiger partial charge in [0.15, 0.2) is 0 Å². The minimum absolute atomic E-state index is 0.640. The first-order valence-corrected chi connectivity index (χ1v) is 6.29. The summed E-state index contributed by atoms with van der Waals surface area (Å²) >= 11 is 0. The van der Waals surface area contributed by atoms with Crippen molar-refractivity contribution in [2.75, 3.05) is 19.6 Å². The van der Waals surface area contributed by atoms with E-state index in [9.17, 15) is 0 Å². The van der Waals surface area contributed by atoms with E-state index in [0.717, 1.165) is 15.3 Å². The maximum atomic E-state index is 4.28. The second-order valence-electron chi connectivity index (χ2n) is 3.70. The van der Waals surface area contributed by atoms with Gasteiger partial charge in [-0.1, -0.05) is 13.0 Å². The molecule has 2 nitrogen and oxygen atoms in total. The van der Waals surface area contributed by atoms with Gasteiger partial charge in [-0.25, -0.2) is 0 Å². The van der Waals surface area contributed by atoms with E-state index in [1.54, 1.807) is 5.57 Å². The molecular formula is C11H17N2P. The van der Waals surface area contributed by atoms with E-state index < -0.39 is 0 Å². The smallest absolute Gasteiger partial charge is 0.0397 e. The fraction of sp³-hybridized carbons (Fsp3) is 0.545. The topological polar surface area (TPSA) is 15.6 Å². The third-order valence-corrected chi connectivity index (χ3v) is 4.11. The summed E-state index contributed by atoms with van der Waals surface area (Å²) in [4.78, 5) is 4.28. The average molecular weight is 208 g/mol. The van der Waals surface area contributed by atoms with Crippen molar-refractivity contribution in [2.24, 2.45) is 10.9 Å². The molecule has 0 aromatic rings. The van der Waals surface area contributed by atoms with Crippen LogP contribution in [0.2, 0.25) is 0 Å². The molecule has 0 amide bonds. The third kappa shape index (κ3) is 2.31. The van der Waals surface area contributed by atoms with Crippen molar-refractivity contribution >= 4 is 14.9 Å². The minimum atomic E-state index is 0.640. The number of rotatable bonds is 2. The van der Waals surface area contributed by atoms with Crippen LogP contribution < -0.4 is 0 Å². The molecule has 2 heterocycles. The molecule has 2 atom stereocenters. The fourth-order valence-electron chi connectivity index (χ4n) is 1.85. The molecule has 0 aromatic carbocycles. The van der Waals surface area contributed by atoms with Crippen LogP contribution in [0.25, 0.3) is 0 Å². The highest BCUT2D eigenvalue weighted by molar-refractivity contribution is 7.39. The van der Waals surface area contributed by atoms with Crippen LogP contribution in [0.5, 0.6) is 0 Å². The lowest BCUT2D eigenvalue weighted by Crippen LogP contribution is -2.15. The molecule has 2 rings (SSSR count). The molecule has 0 aliphatic carbocycles. The van der Waals surface area contributed by atoms with Crippen LogP contribution in [0.1, 0.15) is 13.3 Å². The molecule has 0 saturated carbocycles. The zero-order chi connectivity index (χ0) is 9.80. The zero-order valence-corrected chi connectivity index (χ0v) is 9.61. The molecule has 0 bridgehead atoms. The van der Waals surface area contributed by atoms with E-state index in [2.05, 4.69) is 34.6 Å². The van der Waals surface area contributed by atoms with Crippen molar-refractivity contribution in [3.8, 4) is 0 Å². The molecule has 0 N–H and O–H groups in total. The van der Waals surface area contributed by atoms with Gasteiger partial charge < -0.3 is 0 Å². The summed E-state index contributed by atoms with van der Waals surface area (Å²) in [7, 11) is 0.899. The van der Waals surface area contributed by atoms with Gasteiger partial charge in [0.05, 0.1) is 0 Å². The predicted molar refractivity (Wildman–Crippen MR) is 64.3 cm³/mol. The van der Waals surface area contributed by atoms with E-state index in [0.29, 0.717) is 5.92 Å². The Morgan fingerprint density at radius 2 is 2.57 bits per heavy atom. The first-order chi connectivity index (χ1) is 6.90. The van der Waals surface area contributed by atoms with Gasteiger partial charge in [-0.05, 0) is 39.2 Å². The molecule has 0 aromatic heterocycles. The van der Waals surface area contributed by atoms with Crippen LogP contribution >= 0.6 is 8.73 Å². The van der Waals surface area contributed by atoms with Gasteiger partial charge in [0, 0.05) is 25.2 Å². The van der Waals surface area contributed by atoms with Crippen LogP contribution in [-0.4, -0.2) is 30.5 Å². The van der Waals surface area contributed by atoms with Gasteiger partial charge in [0.2, 0.25) is 0 Å². The summed E-state index contributed by atoms with van der Waals surface area (Å²) in [6.07, 6.45) is 7.50. The van der Waals surface area contributed by atoms with Crippen LogP contribution in [0.15, 0.2) is 28.5 Å². The number of allylic oxidation sites excluding steroid dienone is 2. The summed E-state index contributed by atoms with van der Waals surface area (Å²) in [6, 6.07) is 0. The highest BCUT2D eigenvalue weighted by Crippen LogP contribution is 2.35. The highest BCUT2D eigenvalue weighted by Gasteiger charge is 2.18. The minimum Gasteiger partial charge on any atom is -0.293 e. The van der Waals surface area contributed by atoms with E-state index in [1.165, 1.54) is 19.5 Å². The summed E-state index contributed by atoms with van der Waals surface area (Å²) < 4.78 is 2.49. The molecule has 2 aliphatic heterocycles. The van der Waals surface area contributed by atoms with Crippen LogP contribution in [0.4, 0.5) is 0 Å². The Balaban J connectivity index is 1.96. The largest absolute Gasteiger partial charge is 0.293 e. The van der Waals surface area contributed by atoms with Crippen molar-refractivity contribution in [1.82, 2.24) is 4.67 Å². The SMILES string of the molecule is CCN1CC(C2C=CC=NCC2)=CP1. The lowest BCUT2D eigenvalue weighted by Gasteiger charge is -2.15. The Morgan fingerprint density at radius 1 is 1.64 bits per heavy atom. The average Bonchev–Trinajstić information content (AvgIpc) is 2.53. The number of nitrogens with zero attached hydrogens (tertiary/aromatic N) is 2. The molecule has 0 saturated heterocycles. The number of likely N-dealkylation sites (N-methyl/N-ethyl adjacent to an activating group) is 1. The van der Waals surface area contributed by atoms with E-state index in [4.69, 9.17) is 0 Å². The second-order valence-corrected chi connectivity index (χ2v) is 4.88. The fourth-order valence-corrected chi connectivity index (χ4v) is 2.96. The van der Waals surface area contributed by atoms with Gasteiger partial charge in [0.1, 0.15) is 0 Å². The summed E-state index contributed by atoms with van der Waals surface area (Å²) in [5.41, 5.74) is 1.60. The van der Waals surface area contributed by atoms with Crippen LogP contribution in [0, 0.1) is 5.92 Å². The maximum absolute atomic E-state index is 4.28. The standard InChI is InChI=1S/C11H17N2P/c1-2-13-8-11(9-14-13)10-4-3-6-12-7-5-10/h3-4,6,9-10,14H,2,5,7-8H2,1H3. The molecule has 3 heteroatoms. The number of hydrogen-bond donors (Lipinski definition) is 0. The van der Waals surface area contributed by atoms with Gasteiger partial charge in [0.25, 0.3) is 0 Å². The number of hydrogen-bond acceptors (Lipinski definition) is 2. The van der Waals surface area contributed by atoms with Crippen molar-refractivity contribution in [2.45, 2.75) is 13.3 Å². The van der Waals surface area contributed by atoms with Gasteiger partial charge >= 0.3 is 0 Å². The lowest BCUT2D eigenvalue weighted by atomic mass is 9.96. The first-order valence-electron chi connectivity index (χ1n) is 5.27. The molecule has 0 spiro atoms. The quantitative estimate of drug-likeness (QED) is 0.636. The summed E-state index contributed by atoms with van der Waals surface area (Å²) in [5, 5.41) is 0. The van der Waals surface area contributed by atoms with E-state index in [1.807, 2.05) is 6.21 Å². The Hall–Kier alpha value is -0.460. The normalized spacial score (nSPS) is 29.5. The van der Waals surface area contributed by atoms with Crippen molar-refractivity contribution in [3.63, 3.8) is 0 Å². The molecule has 2 unspecified atom stereocenters. The molecule has 2 aliphatic rings. The van der Waals surface area contributed by atoms with Crippen molar-refractivity contribution in [3.05, 3.63) is 23.5 Å². The molecule has 0 fully saturated rings. The Morgan fingerprint density at radius 3 is 3.36 bits per heavy atom. The molecular weight excluding hydrogens is 191 g/mol. The Labute approximate surface area is 87.6 Å².